The number of amides is 1. The molecule has 1 aliphatic heterocycles. The van der Waals surface area contributed by atoms with Crippen LogP contribution in [0, 0.1) is 5.92 Å². The second-order valence-electron chi connectivity index (χ2n) is 4.09. The molecule has 6 heteroatoms. The Balaban J connectivity index is 2.29. The average molecular weight is 234 g/mol. The lowest BCUT2D eigenvalue weighted by molar-refractivity contribution is -0.121. The minimum absolute atomic E-state index is 0.255. The van der Waals surface area contributed by atoms with Crippen molar-refractivity contribution in [2.75, 3.05) is 18.8 Å². The first-order valence-corrected chi connectivity index (χ1v) is 6.86. The third kappa shape index (κ3) is 3.46. The van der Waals surface area contributed by atoms with Crippen LogP contribution in [-0.4, -0.2) is 38.4 Å². The maximum atomic E-state index is 11.4. The third-order valence-corrected chi connectivity index (χ3v) is 5.05. The van der Waals surface area contributed by atoms with Crippen LogP contribution in [0.15, 0.2) is 0 Å². The van der Waals surface area contributed by atoms with Crippen LogP contribution in [0.1, 0.15) is 19.8 Å². The van der Waals surface area contributed by atoms with E-state index in [1.165, 1.54) is 0 Å². The minimum atomic E-state index is -2.88. The number of hydrogen-bond donors (Lipinski definition) is 2. The molecule has 0 aromatic rings. The van der Waals surface area contributed by atoms with Crippen LogP contribution in [0.4, 0.5) is 0 Å². The molecule has 0 radical (unpaired) electrons. The van der Waals surface area contributed by atoms with Gasteiger partial charge in [-0.2, -0.15) is 0 Å². The zero-order chi connectivity index (χ0) is 11.5. The van der Waals surface area contributed by atoms with Gasteiger partial charge in [0, 0.05) is 19.0 Å². The third-order valence-electron chi connectivity index (χ3n) is 2.77. The number of hydrogen-bond acceptors (Lipinski definition) is 4. The predicted molar refractivity (Wildman–Crippen MR) is 58.0 cm³/mol. The summed E-state index contributed by atoms with van der Waals surface area (Å²) in [5.41, 5.74) is 5.09. The highest BCUT2D eigenvalue weighted by molar-refractivity contribution is 7.92. The monoisotopic (exact) mass is 234 g/mol. The molecule has 1 rings (SSSR count). The van der Waals surface area contributed by atoms with Gasteiger partial charge in [0.1, 0.15) is 0 Å². The molecular formula is C9H18N2O3S. The second kappa shape index (κ2) is 4.94. The van der Waals surface area contributed by atoms with Crippen molar-refractivity contribution >= 4 is 15.7 Å². The normalized spacial score (nSPS) is 26.3. The van der Waals surface area contributed by atoms with Gasteiger partial charge in [-0.3, -0.25) is 4.79 Å². The Labute approximate surface area is 90.3 Å². The van der Waals surface area contributed by atoms with E-state index in [1.807, 2.05) is 0 Å². The molecular weight excluding hydrogens is 216 g/mol. The molecule has 3 N–H and O–H groups in total. The second-order valence-corrected chi connectivity index (χ2v) is 6.49. The van der Waals surface area contributed by atoms with Gasteiger partial charge in [-0.15, -0.1) is 0 Å². The van der Waals surface area contributed by atoms with Gasteiger partial charge in [-0.1, -0.05) is 6.92 Å². The van der Waals surface area contributed by atoms with Gasteiger partial charge < -0.3 is 11.1 Å². The molecule has 0 bridgehead atoms. The molecule has 2 atom stereocenters. The van der Waals surface area contributed by atoms with E-state index >= 15 is 0 Å². The summed E-state index contributed by atoms with van der Waals surface area (Å²) in [4.78, 5) is 10.7. The summed E-state index contributed by atoms with van der Waals surface area (Å²) in [5, 5.41) is 2.70. The SMILES string of the molecule is CC(CNCC1CCCS1(=O)=O)C(N)=O. The predicted octanol–water partition coefficient (Wildman–Crippen LogP) is -0.725. The van der Waals surface area contributed by atoms with Gasteiger partial charge in [0.2, 0.25) is 5.91 Å². The van der Waals surface area contributed by atoms with Gasteiger partial charge in [0.05, 0.1) is 11.0 Å². The molecule has 15 heavy (non-hydrogen) atoms. The summed E-state index contributed by atoms with van der Waals surface area (Å²) in [5.74, 6) is -0.323. The first-order chi connectivity index (χ1) is 6.93. The van der Waals surface area contributed by atoms with Gasteiger partial charge >= 0.3 is 0 Å². The van der Waals surface area contributed by atoms with E-state index < -0.39 is 9.84 Å². The molecule has 0 spiro atoms. The maximum Gasteiger partial charge on any atom is 0.221 e. The van der Waals surface area contributed by atoms with Crippen molar-refractivity contribution in [2.24, 2.45) is 11.7 Å². The van der Waals surface area contributed by atoms with Crippen LogP contribution in [0.5, 0.6) is 0 Å². The average Bonchev–Trinajstić information content (AvgIpc) is 2.45. The van der Waals surface area contributed by atoms with E-state index in [1.54, 1.807) is 6.92 Å². The van der Waals surface area contributed by atoms with Gasteiger partial charge in [0.25, 0.3) is 0 Å². The Hall–Kier alpha value is -0.620. The molecule has 1 saturated heterocycles. The molecule has 0 saturated carbocycles. The van der Waals surface area contributed by atoms with Crippen molar-refractivity contribution < 1.29 is 13.2 Å². The van der Waals surface area contributed by atoms with Crippen molar-refractivity contribution in [3.8, 4) is 0 Å². The summed E-state index contributed by atoms with van der Waals surface area (Å²) in [7, 11) is -2.88. The van der Waals surface area contributed by atoms with E-state index in [9.17, 15) is 13.2 Å². The molecule has 0 aromatic heterocycles. The van der Waals surface area contributed by atoms with Crippen molar-refractivity contribution in [3.63, 3.8) is 0 Å². The lowest BCUT2D eigenvalue weighted by atomic mass is 10.1. The Morgan fingerprint density at radius 1 is 1.60 bits per heavy atom. The molecule has 0 aromatic carbocycles. The lowest BCUT2D eigenvalue weighted by Gasteiger charge is -2.12. The molecule has 88 valence electrons. The number of nitrogens with two attached hydrogens (primary N) is 1. The van der Waals surface area contributed by atoms with Crippen LogP contribution >= 0.6 is 0 Å². The number of rotatable bonds is 5. The van der Waals surface area contributed by atoms with E-state index in [0.717, 1.165) is 12.8 Å². The lowest BCUT2D eigenvalue weighted by Crippen LogP contribution is -2.36. The quantitative estimate of drug-likeness (QED) is 0.656. The van der Waals surface area contributed by atoms with Crippen LogP contribution in [-0.2, 0) is 14.6 Å². The van der Waals surface area contributed by atoms with E-state index in [0.29, 0.717) is 18.8 Å². The van der Waals surface area contributed by atoms with E-state index in [-0.39, 0.29) is 17.1 Å². The smallest absolute Gasteiger partial charge is 0.221 e. The van der Waals surface area contributed by atoms with Crippen molar-refractivity contribution in [1.29, 1.82) is 0 Å². The zero-order valence-corrected chi connectivity index (χ0v) is 9.72. The summed E-state index contributed by atoms with van der Waals surface area (Å²) >= 11 is 0. The first-order valence-electron chi connectivity index (χ1n) is 5.15. The Bertz CT molecular complexity index is 326. The molecule has 5 nitrogen and oxygen atoms in total. The van der Waals surface area contributed by atoms with Gasteiger partial charge in [-0.05, 0) is 12.8 Å². The van der Waals surface area contributed by atoms with Gasteiger partial charge in [0.15, 0.2) is 9.84 Å². The highest BCUT2D eigenvalue weighted by Crippen LogP contribution is 2.18. The molecule has 2 unspecified atom stereocenters. The fourth-order valence-corrected chi connectivity index (χ4v) is 3.45. The summed E-state index contributed by atoms with van der Waals surface area (Å²) < 4.78 is 22.9. The van der Waals surface area contributed by atoms with Crippen molar-refractivity contribution in [3.05, 3.63) is 0 Å². The van der Waals surface area contributed by atoms with Crippen LogP contribution in [0.2, 0.25) is 0 Å². The molecule has 1 heterocycles. The zero-order valence-electron chi connectivity index (χ0n) is 8.90. The summed E-state index contributed by atoms with van der Waals surface area (Å²) in [6, 6.07) is 0. The van der Waals surface area contributed by atoms with Crippen molar-refractivity contribution in [2.45, 2.75) is 25.0 Å². The first kappa shape index (κ1) is 12.4. The summed E-state index contributed by atoms with van der Waals surface area (Å²) in [6.07, 6.45) is 1.47. The molecule has 1 amide bonds. The maximum absolute atomic E-state index is 11.4. The largest absolute Gasteiger partial charge is 0.369 e. The fourth-order valence-electron chi connectivity index (χ4n) is 1.65. The van der Waals surface area contributed by atoms with Gasteiger partial charge in [-0.25, -0.2) is 8.42 Å². The number of carbonyl (C=O) groups is 1. The number of primary amides is 1. The Kier molecular flexibility index (Phi) is 4.10. The van der Waals surface area contributed by atoms with Crippen LogP contribution in [0.25, 0.3) is 0 Å². The molecule has 1 fully saturated rings. The number of carbonyl (C=O) groups excluding carboxylic acids is 1. The Morgan fingerprint density at radius 2 is 2.27 bits per heavy atom. The number of sulfone groups is 1. The molecule has 0 aliphatic carbocycles. The minimum Gasteiger partial charge on any atom is -0.369 e. The highest BCUT2D eigenvalue weighted by atomic mass is 32.2. The standard InChI is InChI=1S/C9H18N2O3S/c1-7(9(10)12)5-11-6-8-3-2-4-15(8,13)14/h7-8,11H,2-6H2,1H3,(H2,10,12). The summed E-state index contributed by atoms with van der Waals surface area (Å²) in [6.45, 7) is 2.60. The Morgan fingerprint density at radius 3 is 2.73 bits per heavy atom. The topological polar surface area (TPSA) is 89.3 Å². The van der Waals surface area contributed by atoms with Crippen molar-refractivity contribution in [1.82, 2.24) is 5.32 Å². The highest BCUT2D eigenvalue weighted by Gasteiger charge is 2.30. The fraction of sp³-hybridized carbons (Fsp3) is 0.889. The van der Waals surface area contributed by atoms with Crippen LogP contribution < -0.4 is 11.1 Å². The van der Waals surface area contributed by atoms with Crippen LogP contribution in [0.3, 0.4) is 0 Å². The number of nitrogens with one attached hydrogen (secondary N) is 1. The van der Waals surface area contributed by atoms with E-state index in [4.69, 9.17) is 5.73 Å². The van der Waals surface area contributed by atoms with E-state index in [2.05, 4.69) is 5.32 Å². The molecule has 1 aliphatic rings.